The van der Waals surface area contributed by atoms with E-state index in [1.807, 2.05) is 0 Å². The van der Waals surface area contributed by atoms with Gasteiger partial charge in [0.15, 0.2) is 0 Å². The van der Waals surface area contributed by atoms with Gasteiger partial charge in [-0.15, -0.1) is 0 Å². The minimum absolute atomic E-state index is 0.0697. The highest BCUT2D eigenvalue weighted by Crippen LogP contribution is 2.52. The lowest BCUT2D eigenvalue weighted by Gasteiger charge is -2.46. The molecule has 14 heavy (non-hydrogen) atoms. The number of hydrogen-bond acceptors (Lipinski definition) is 2. The number of rotatable bonds is 5. The lowest BCUT2D eigenvalue weighted by molar-refractivity contribution is -0.163. The molecule has 0 amide bonds. The summed E-state index contributed by atoms with van der Waals surface area (Å²) in [4.78, 5) is 11.8. The van der Waals surface area contributed by atoms with Gasteiger partial charge in [-0.25, -0.2) is 0 Å². The van der Waals surface area contributed by atoms with Gasteiger partial charge in [-0.1, -0.05) is 26.8 Å². The van der Waals surface area contributed by atoms with Crippen molar-refractivity contribution >= 4 is 5.97 Å². The van der Waals surface area contributed by atoms with Gasteiger partial charge >= 0.3 is 5.97 Å². The van der Waals surface area contributed by atoms with Gasteiger partial charge in [-0.3, -0.25) is 4.79 Å². The Morgan fingerprint density at radius 3 is 2.71 bits per heavy atom. The SMILES string of the molecule is C=COC(=O)C1(CC)CCC1CCC. The van der Waals surface area contributed by atoms with Crippen LogP contribution in [0.15, 0.2) is 12.8 Å². The van der Waals surface area contributed by atoms with Crippen molar-refractivity contribution in [1.29, 1.82) is 0 Å². The van der Waals surface area contributed by atoms with Gasteiger partial charge in [0.05, 0.1) is 11.7 Å². The van der Waals surface area contributed by atoms with E-state index in [1.165, 1.54) is 12.7 Å². The summed E-state index contributed by atoms with van der Waals surface area (Å²) in [6.07, 6.45) is 6.59. The zero-order chi connectivity index (χ0) is 10.6. The Kier molecular flexibility index (Phi) is 3.73. The summed E-state index contributed by atoms with van der Waals surface area (Å²) >= 11 is 0. The maximum atomic E-state index is 11.8. The molecule has 1 fully saturated rings. The third-order valence-electron chi connectivity index (χ3n) is 3.59. The van der Waals surface area contributed by atoms with Crippen LogP contribution in [0.1, 0.15) is 46.0 Å². The van der Waals surface area contributed by atoms with Gasteiger partial charge in [-0.05, 0) is 31.6 Å². The summed E-state index contributed by atoms with van der Waals surface area (Å²) in [5.41, 5.74) is -0.190. The molecule has 1 aliphatic carbocycles. The second-order valence-corrected chi connectivity index (χ2v) is 4.11. The Morgan fingerprint density at radius 1 is 1.64 bits per heavy atom. The monoisotopic (exact) mass is 196 g/mol. The first-order valence-corrected chi connectivity index (χ1v) is 5.53. The predicted octanol–water partition coefficient (Wildman–Crippen LogP) is 3.28. The van der Waals surface area contributed by atoms with E-state index in [9.17, 15) is 4.79 Å². The molecule has 0 aromatic heterocycles. The van der Waals surface area contributed by atoms with Gasteiger partial charge in [0, 0.05) is 0 Å². The molecule has 0 aromatic carbocycles. The molecule has 0 bridgehead atoms. The Balaban J connectivity index is 2.66. The van der Waals surface area contributed by atoms with Crippen LogP contribution in [0.25, 0.3) is 0 Å². The van der Waals surface area contributed by atoms with Crippen molar-refractivity contribution in [1.82, 2.24) is 0 Å². The largest absolute Gasteiger partial charge is 0.435 e. The summed E-state index contributed by atoms with van der Waals surface area (Å²) in [6.45, 7) is 7.67. The van der Waals surface area contributed by atoms with E-state index in [2.05, 4.69) is 20.4 Å². The molecular weight excluding hydrogens is 176 g/mol. The molecule has 0 spiro atoms. The standard InChI is InChI=1S/C12H20O2/c1-4-7-10-8-9-12(10,5-2)11(13)14-6-3/h6,10H,3-5,7-9H2,1-2H3. The van der Waals surface area contributed by atoms with E-state index in [4.69, 9.17) is 4.74 Å². The average molecular weight is 196 g/mol. The van der Waals surface area contributed by atoms with Crippen molar-refractivity contribution in [2.24, 2.45) is 11.3 Å². The highest BCUT2D eigenvalue weighted by molar-refractivity contribution is 5.78. The van der Waals surface area contributed by atoms with E-state index in [1.54, 1.807) is 0 Å². The van der Waals surface area contributed by atoms with Gasteiger partial charge in [0.25, 0.3) is 0 Å². The van der Waals surface area contributed by atoms with Crippen molar-refractivity contribution in [3.63, 3.8) is 0 Å². The molecule has 0 N–H and O–H groups in total. The van der Waals surface area contributed by atoms with Crippen molar-refractivity contribution in [3.05, 3.63) is 12.8 Å². The Labute approximate surface area is 86.3 Å². The Morgan fingerprint density at radius 2 is 2.36 bits per heavy atom. The van der Waals surface area contributed by atoms with Crippen LogP contribution >= 0.6 is 0 Å². The van der Waals surface area contributed by atoms with Crippen LogP contribution < -0.4 is 0 Å². The van der Waals surface area contributed by atoms with Crippen molar-refractivity contribution in [2.75, 3.05) is 0 Å². The normalized spacial score (nSPS) is 30.6. The number of hydrogen-bond donors (Lipinski definition) is 0. The molecule has 0 aliphatic heterocycles. The van der Waals surface area contributed by atoms with Gasteiger partial charge in [0.2, 0.25) is 0 Å². The first-order valence-electron chi connectivity index (χ1n) is 5.53. The molecule has 2 heteroatoms. The molecule has 0 saturated heterocycles. The maximum absolute atomic E-state index is 11.8. The zero-order valence-electron chi connectivity index (χ0n) is 9.21. The van der Waals surface area contributed by atoms with Crippen LogP contribution in [0.2, 0.25) is 0 Å². The maximum Gasteiger partial charge on any atom is 0.317 e. The summed E-state index contributed by atoms with van der Waals surface area (Å²) in [7, 11) is 0. The van der Waals surface area contributed by atoms with Crippen LogP contribution in [0, 0.1) is 11.3 Å². The van der Waals surface area contributed by atoms with Crippen molar-refractivity contribution < 1.29 is 9.53 Å². The number of carbonyl (C=O) groups excluding carboxylic acids is 1. The van der Waals surface area contributed by atoms with Gasteiger partial charge in [-0.2, -0.15) is 0 Å². The molecule has 1 rings (SSSR count). The molecule has 2 unspecified atom stereocenters. The fraction of sp³-hybridized carbons (Fsp3) is 0.750. The highest BCUT2D eigenvalue weighted by atomic mass is 16.5. The van der Waals surface area contributed by atoms with Crippen LogP contribution in [0.4, 0.5) is 0 Å². The summed E-state index contributed by atoms with van der Waals surface area (Å²) < 4.78 is 4.94. The Bertz CT molecular complexity index is 218. The van der Waals surface area contributed by atoms with E-state index >= 15 is 0 Å². The zero-order valence-corrected chi connectivity index (χ0v) is 9.21. The lowest BCUT2D eigenvalue weighted by Crippen LogP contribution is -2.46. The van der Waals surface area contributed by atoms with E-state index < -0.39 is 0 Å². The van der Waals surface area contributed by atoms with Crippen LogP contribution in [-0.2, 0) is 9.53 Å². The molecular formula is C12H20O2. The highest BCUT2D eigenvalue weighted by Gasteiger charge is 2.51. The summed E-state index contributed by atoms with van der Waals surface area (Å²) in [5, 5.41) is 0. The van der Waals surface area contributed by atoms with Crippen molar-refractivity contribution in [2.45, 2.75) is 46.0 Å². The predicted molar refractivity (Wildman–Crippen MR) is 56.6 cm³/mol. The molecule has 80 valence electrons. The van der Waals surface area contributed by atoms with Crippen LogP contribution in [0.3, 0.4) is 0 Å². The van der Waals surface area contributed by atoms with Gasteiger partial charge < -0.3 is 4.74 Å². The molecule has 0 aromatic rings. The van der Waals surface area contributed by atoms with Crippen LogP contribution in [0.5, 0.6) is 0 Å². The summed E-state index contributed by atoms with van der Waals surface area (Å²) in [6, 6.07) is 0. The topological polar surface area (TPSA) is 26.3 Å². The number of ether oxygens (including phenoxy) is 1. The van der Waals surface area contributed by atoms with E-state index in [-0.39, 0.29) is 11.4 Å². The first-order chi connectivity index (χ1) is 6.71. The van der Waals surface area contributed by atoms with E-state index in [0.29, 0.717) is 5.92 Å². The molecule has 0 radical (unpaired) electrons. The van der Waals surface area contributed by atoms with Crippen molar-refractivity contribution in [3.8, 4) is 0 Å². The van der Waals surface area contributed by atoms with Gasteiger partial charge in [0.1, 0.15) is 0 Å². The molecule has 2 nitrogen and oxygen atoms in total. The lowest BCUT2D eigenvalue weighted by atomic mass is 9.57. The second-order valence-electron chi connectivity index (χ2n) is 4.11. The third-order valence-corrected chi connectivity index (χ3v) is 3.59. The molecule has 1 saturated carbocycles. The fourth-order valence-electron chi connectivity index (χ4n) is 2.54. The van der Waals surface area contributed by atoms with E-state index in [0.717, 1.165) is 25.7 Å². The average Bonchev–Trinajstić information content (AvgIpc) is 2.15. The first kappa shape index (κ1) is 11.3. The minimum atomic E-state index is -0.190. The quantitative estimate of drug-likeness (QED) is 0.498. The fourth-order valence-corrected chi connectivity index (χ4v) is 2.54. The number of carbonyl (C=O) groups is 1. The molecule has 0 heterocycles. The molecule has 1 aliphatic rings. The van der Waals surface area contributed by atoms with Crippen LogP contribution in [-0.4, -0.2) is 5.97 Å². The minimum Gasteiger partial charge on any atom is -0.435 e. The third kappa shape index (κ3) is 1.70. The summed E-state index contributed by atoms with van der Waals surface area (Å²) in [5.74, 6) is 0.463. The number of esters is 1. The second kappa shape index (κ2) is 4.63. The molecule has 2 atom stereocenters. The Hall–Kier alpha value is -0.790. The smallest absolute Gasteiger partial charge is 0.317 e.